The molecule has 1 aromatic carbocycles. The highest BCUT2D eigenvalue weighted by Crippen LogP contribution is 2.12. The number of hydrogen-bond acceptors (Lipinski definition) is 3. The van der Waals surface area contributed by atoms with Crippen molar-refractivity contribution in [2.24, 2.45) is 7.05 Å². The van der Waals surface area contributed by atoms with Crippen LogP contribution in [-0.2, 0) is 13.6 Å². The zero-order valence-corrected chi connectivity index (χ0v) is 12.0. The van der Waals surface area contributed by atoms with Gasteiger partial charge < -0.3 is 19.7 Å². The minimum absolute atomic E-state index is 0.295. The standard InChI is InChI=1S/C16H22N2O2/c1-13-5-3-7-16(9-13)20-12-15(19)11-17-10-14-6-4-8-18(14)2/h3-9,15,17,19H,10-12H2,1-2H3. The molecule has 0 aliphatic rings. The molecular weight excluding hydrogens is 252 g/mol. The Morgan fingerprint density at radius 3 is 2.85 bits per heavy atom. The third-order valence-electron chi connectivity index (χ3n) is 3.17. The average molecular weight is 274 g/mol. The Bertz CT molecular complexity index is 537. The summed E-state index contributed by atoms with van der Waals surface area (Å²) < 4.78 is 7.62. The van der Waals surface area contributed by atoms with Gasteiger partial charge in [0.05, 0.1) is 0 Å². The molecule has 0 aliphatic carbocycles. The zero-order chi connectivity index (χ0) is 14.4. The van der Waals surface area contributed by atoms with E-state index in [1.807, 2.05) is 50.5 Å². The summed E-state index contributed by atoms with van der Waals surface area (Å²) in [6, 6.07) is 11.9. The normalized spacial score (nSPS) is 12.3. The second kappa shape index (κ2) is 7.12. The highest BCUT2D eigenvalue weighted by molar-refractivity contribution is 5.27. The molecule has 1 unspecified atom stereocenters. The van der Waals surface area contributed by atoms with Crippen molar-refractivity contribution in [3.05, 3.63) is 53.9 Å². The highest BCUT2D eigenvalue weighted by atomic mass is 16.5. The third kappa shape index (κ3) is 4.40. The van der Waals surface area contributed by atoms with Crippen LogP contribution in [-0.4, -0.2) is 28.9 Å². The van der Waals surface area contributed by atoms with Gasteiger partial charge in [0.1, 0.15) is 18.5 Å². The number of aliphatic hydroxyl groups excluding tert-OH is 1. The van der Waals surface area contributed by atoms with E-state index in [0.29, 0.717) is 13.2 Å². The molecule has 4 nitrogen and oxygen atoms in total. The maximum Gasteiger partial charge on any atom is 0.119 e. The molecule has 0 amide bonds. The summed E-state index contributed by atoms with van der Waals surface area (Å²) >= 11 is 0. The molecular formula is C16H22N2O2. The van der Waals surface area contributed by atoms with Crippen molar-refractivity contribution in [1.82, 2.24) is 9.88 Å². The van der Waals surface area contributed by atoms with Crippen LogP contribution in [0.5, 0.6) is 5.75 Å². The molecule has 0 spiro atoms. The number of hydrogen-bond donors (Lipinski definition) is 2. The van der Waals surface area contributed by atoms with Crippen LogP contribution in [0.2, 0.25) is 0 Å². The van der Waals surface area contributed by atoms with E-state index in [-0.39, 0.29) is 0 Å². The summed E-state index contributed by atoms with van der Waals surface area (Å²) in [6.07, 6.45) is 1.49. The van der Waals surface area contributed by atoms with Crippen molar-refractivity contribution in [3.8, 4) is 5.75 Å². The minimum atomic E-state index is -0.518. The summed E-state index contributed by atoms with van der Waals surface area (Å²) in [7, 11) is 2.01. The number of aromatic nitrogens is 1. The molecule has 2 N–H and O–H groups in total. The fourth-order valence-electron chi connectivity index (χ4n) is 2.00. The Morgan fingerprint density at radius 1 is 1.30 bits per heavy atom. The van der Waals surface area contributed by atoms with Crippen LogP contribution in [0.1, 0.15) is 11.3 Å². The summed E-state index contributed by atoms with van der Waals surface area (Å²) in [6.45, 7) is 3.57. The number of nitrogens with one attached hydrogen (secondary N) is 1. The molecule has 1 heterocycles. The molecule has 0 radical (unpaired) electrons. The largest absolute Gasteiger partial charge is 0.491 e. The topological polar surface area (TPSA) is 46.4 Å². The Labute approximate surface area is 120 Å². The fraction of sp³-hybridized carbons (Fsp3) is 0.375. The molecule has 2 rings (SSSR count). The van der Waals surface area contributed by atoms with E-state index >= 15 is 0 Å². The Hall–Kier alpha value is -1.78. The van der Waals surface area contributed by atoms with Gasteiger partial charge in [-0.15, -0.1) is 0 Å². The fourth-order valence-corrected chi connectivity index (χ4v) is 2.00. The molecule has 4 heteroatoms. The molecule has 1 aromatic heterocycles. The zero-order valence-electron chi connectivity index (χ0n) is 12.0. The van der Waals surface area contributed by atoms with E-state index in [1.165, 1.54) is 5.69 Å². The van der Waals surface area contributed by atoms with E-state index in [1.54, 1.807) is 0 Å². The molecule has 0 aliphatic heterocycles. The van der Waals surface area contributed by atoms with Gasteiger partial charge in [-0.3, -0.25) is 0 Å². The monoisotopic (exact) mass is 274 g/mol. The van der Waals surface area contributed by atoms with Gasteiger partial charge in [0.15, 0.2) is 0 Å². The van der Waals surface area contributed by atoms with Gasteiger partial charge in [-0.05, 0) is 36.8 Å². The molecule has 0 bridgehead atoms. The number of aryl methyl sites for hydroxylation is 2. The SMILES string of the molecule is Cc1cccc(OCC(O)CNCc2cccn2C)c1. The number of nitrogens with zero attached hydrogens (tertiary/aromatic N) is 1. The molecule has 0 fully saturated rings. The molecule has 108 valence electrons. The van der Waals surface area contributed by atoms with Crippen LogP contribution in [0.3, 0.4) is 0 Å². The predicted molar refractivity (Wildman–Crippen MR) is 79.8 cm³/mol. The van der Waals surface area contributed by atoms with Crippen LogP contribution in [0, 0.1) is 6.92 Å². The molecule has 0 saturated carbocycles. The van der Waals surface area contributed by atoms with Crippen molar-refractivity contribution < 1.29 is 9.84 Å². The predicted octanol–water partition coefficient (Wildman–Crippen LogP) is 1.86. The van der Waals surface area contributed by atoms with Gasteiger partial charge in [0.2, 0.25) is 0 Å². The van der Waals surface area contributed by atoms with E-state index in [0.717, 1.165) is 17.9 Å². The van der Waals surface area contributed by atoms with Gasteiger partial charge in [0, 0.05) is 32.0 Å². The summed E-state index contributed by atoms with van der Waals surface area (Å²) in [5.41, 5.74) is 2.34. The average Bonchev–Trinajstić information content (AvgIpc) is 2.82. The van der Waals surface area contributed by atoms with Crippen molar-refractivity contribution in [1.29, 1.82) is 0 Å². The van der Waals surface area contributed by atoms with E-state index in [2.05, 4.69) is 16.0 Å². The Kier molecular flexibility index (Phi) is 5.21. The lowest BCUT2D eigenvalue weighted by Crippen LogP contribution is -2.31. The van der Waals surface area contributed by atoms with Crippen molar-refractivity contribution in [2.75, 3.05) is 13.2 Å². The summed E-state index contributed by atoms with van der Waals surface area (Å²) in [4.78, 5) is 0. The third-order valence-corrected chi connectivity index (χ3v) is 3.17. The first kappa shape index (κ1) is 14.6. The Morgan fingerprint density at radius 2 is 2.15 bits per heavy atom. The van der Waals surface area contributed by atoms with Gasteiger partial charge in [-0.2, -0.15) is 0 Å². The van der Waals surface area contributed by atoms with Crippen molar-refractivity contribution in [3.63, 3.8) is 0 Å². The minimum Gasteiger partial charge on any atom is -0.491 e. The quantitative estimate of drug-likeness (QED) is 0.810. The lowest BCUT2D eigenvalue weighted by molar-refractivity contribution is 0.106. The van der Waals surface area contributed by atoms with Crippen LogP contribution in [0.4, 0.5) is 0 Å². The smallest absolute Gasteiger partial charge is 0.119 e. The van der Waals surface area contributed by atoms with E-state index in [4.69, 9.17) is 4.74 Å². The number of aliphatic hydroxyl groups is 1. The van der Waals surface area contributed by atoms with Gasteiger partial charge >= 0.3 is 0 Å². The van der Waals surface area contributed by atoms with E-state index < -0.39 is 6.10 Å². The second-order valence-corrected chi connectivity index (χ2v) is 5.02. The van der Waals surface area contributed by atoms with Crippen LogP contribution in [0.25, 0.3) is 0 Å². The second-order valence-electron chi connectivity index (χ2n) is 5.02. The molecule has 20 heavy (non-hydrogen) atoms. The summed E-state index contributed by atoms with van der Waals surface area (Å²) in [5.74, 6) is 0.798. The Balaban J connectivity index is 1.68. The van der Waals surface area contributed by atoms with Gasteiger partial charge in [-0.1, -0.05) is 12.1 Å². The first-order valence-electron chi connectivity index (χ1n) is 6.83. The van der Waals surface area contributed by atoms with Crippen molar-refractivity contribution in [2.45, 2.75) is 19.6 Å². The first-order chi connectivity index (χ1) is 9.65. The lowest BCUT2D eigenvalue weighted by atomic mass is 10.2. The first-order valence-corrected chi connectivity index (χ1v) is 6.83. The lowest BCUT2D eigenvalue weighted by Gasteiger charge is -2.14. The number of benzene rings is 1. The summed E-state index contributed by atoms with van der Waals surface area (Å²) in [5, 5.41) is 13.1. The van der Waals surface area contributed by atoms with Crippen LogP contribution < -0.4 is 10.1 Å². The highest BCUT2D eigenvalue weighted by Gasteiger charge is 2.05. The maximum absolute atomic E-state index is 9.88. The molecule has 1 atom stereocenters. The van der Waals surface area contributed by atoms with E-state index in [9.17, 15) is 5.11 Å². The molecule has 0 saturated heterocycles. The maximum atomic E-state index is 9.88. The van der Waals surface area contributed by atoms with Gasteiger partial charge in [0.25, 0.3) is 0 Å². The van der Waals surface area contributed by atoms with Crippen molar-refractivity contribution >= 4 is 0 Å². The molecule has 2 aromatic rings. The van der Waals surface area contributed by atoms with Crippen LogP contribution >= 0.6 is 0 Å². The van der Waals surface area contributed by atoms with Crippen LogP contribution in [0.15, 0.2) is 42.6 Å². The number of rotatable bonds is 7. The van der Waals surface area contributed by atoms with Gasteiger partial charge in [-0.25, -0.2) is 0 Å². The number of ether oxygens (including phenoxy) is 1.